The molecule has 0 saturated heterocycles. The molecule has 4 rings (SSSR count). The standard InChI is InChI=1S/C18H18N6O2S/c1-9-7-11(14-10(2)22-24(4)16(14)19-9)18(26)23(3)8-13-20-12-5-6-27-15(12)17(25)21-13/h5-7H,8H2,1-4H3,(H,20,21,25). The first-order valence-corrected chi connectivity index (χ1v) is 9.26. The molecule has 1 amide bonds. The van der Waals surface area contributed by atoms with Gasteiger partial charge in [0.1, 0.15) is 10.5 Å². The van der Waals surface area contributed by atoms with E-state index in [1.54, 1.807) is 23.9 Å². The maximum atomic E-state index is 13.1. The molecule has 0 aliphatic rings. The average Bonchev–Trinajstić information content (AvgIpc) is 3.19. The van der Waals surface area contributed by atoms with Crippen LogP contribution in [-0.2, 0) is 13.6 Å². The summed E-state index contributed by atoms with van der Waals surface area (Å²) in [4.78, 5) is 38.5. The number of rotatable bonds is 3. The number of pyridine rings is 1. The van der Waals surface area contributed by atoms with Gasteiger partial charge in [0.2, 0.25) is 0 Å². The highest BCUT2D eigenvalue weighted by Crippen LogP contribution is 2.23. The van der Waals surface area contributed by atoms with Crippen LogP contribution in [0.5, 0.6) is 0 Å². The maximum Gasteiger partial charge on any atom is 0.268 e. The molecule has 27 heavy (non-hydrogen) atoms. The van der Waals surface area contributed by atoms with E-state index in [9.17, 15) is 9.59 Å². The fraction of sp³-hybridized carbons (Fsp3) is 0.278. The first-order chi connectivity index (χ1) is 12.8. The van der Waals surface area contributed by atoms with Crippen LogP contribution in [0.15, 0.2) is 22.3 Å². The molecule has 0 spiro atoms. The number of aromatic nitrogens is 5. The summed E-state index contributed by atoms with van der Waals surface area (Å²) in [6, 6.07) is 3.57. The molecular formula is C18H18N6O2S. The molecule has 4 heterocycles. The molecule has 0 aliphatic carbocycles. The molecule has 0 bridgehead atoms. The normalized spacial score (nSPS) is 11.4. The van der Waals surface area contributed by atoms with Crippen molar-refractivity contribution < 1.29 is 4.79 Å². The van der Waals surface area contributed by atoms with Gasteiger partial charge in [0.15, 0.2) is 5.65 Å². The third-order valence-electron chi connectivity index (χ3n) is 4.42. The van der Waals surface area contributed by atoms with Crippen LogP contribution in [0.1, 0.15) is 27.6 Å². The molecule has 0 radical (unpaired) electrons. The molecule has 4 aromatic heterocycles. The Morgan fingerprint density at radius 3 is 2.89 bits per heavy atom. The Morgan fingerprint density at radius 2 is 2.11 bits per heavy atom. The number of fused-ring (bicyclic) bond motifs is 2. The molecule has 0 saturated carbocycles. The van der Waals surface area contributed by atoms with Crippen molar-refractivity contribution in [3.63, 3.8) is 0 Å². The quantitative estimate of drug-likeness (QED) is 0.586. The van der Waals surface area contributed by atoms with Crippen molar-refractivity contribution in [3.05, 3.63) is 50.6 Å². The number of aromatic amines is 1. The molecule has 0 unspecified atom stereocenters. The third-order valence-corrected chi connectivity index (χ3v) is 5.33. The van der Waals surface area contributed by atoms with E-state index in [0.29, 0.717) is 27.3 Å². The zero-order valence-corrected chi connectivity index (χ0v) is 16.2. The summed E-state index contributed by atoms with van der Waals surface area (Å²) >= 11 is 1.35. The number of aryl methyl sites for hydroxylation is 3. The molecular weight excluding hydrogens is 364 g/mol. The lowest BCUT2D eigenvalue weighted by atomic mass is 10.1. The van der Waals surface area contributed by atoms with E-state index in [1.165, 1.54) is 16.2 Å². The van der Waals surface area contributed by atoms with E-state index < -0.39 is 0 Å². The lowest BCUT2D eigenvalue weighted by Crippen LogP contribution is -2.28. The lowest BCUT2D eigenvalue weighted by Gasteiger charge is -2.17. The predicted octanol–water partition coefficient (Wildman–Crippen LogP) is 2.16. The number of hydrogen-bond acceptors (Lipinski definition) is 6. The molecule has 1 N–H and O–H groups in total. The Morgan fingerprint density at radius 1 is 1.33 bits per heavy atom. The van der Waals surface area contributed by atoms with Gasteiger partial charge in [0.05, 0.1) is 28.7 Å². The number of hydrogen-bond donors (Lipinski definition) is 1. The molecule has 0 atom stereocenters. The van der Waals surface area contributed by atoms with Crippen LogP contribution in [0, 0.1) is 13.8 Å². The van der Waals surface area contributed by atoms with Crippen LogP contribution in [0.3, 0.4) is 0 Å². The van der Waals surface area contributed by atoms with Crippen molar-refractivity contribution in [2.45, 2.75) is 20.4 Å². The zero-order chi connectivity index (χ0) is 19.3. The van der Waals surface area contributed by atoms with E-state index in [1.807, 2.05) is 26.3 Å². The van der Waals surface area contributed by atoms with Gasteiger partial charge >= 0.3 is 0 Å². The van der Waals surface area contributed by atoms with Gasteiger partial charge in [-0.3, -0.25) is 14.3 Å². The van der Waals surface area contributed by atoms with Gasteiger partial charge in [-0.2, -0.15) is 5.10 Å². The predicted molar refractivity (Wildman–Crippen MR) is 104 cm³/mol. The van der Waals surface area contributed by atoms with E-state index in [0.717, 1.165) is 16.8 Å². The van der Waals surface area contributed by atoms with Crippen molar-refractivity contribution >= 4 is 38.5 Å². The van der Waals surface area contributed by atoms with Gasteiger partial charge in [0.25, 0.3) is 11.5 Å². The van der Waals surface area contributed by atoms with E-state index in [-0.39, 0.29) is 18.0 Å². The van der Waals surface area contributed by atoms with Gasteiger partial charge in [-0.15, -0.1) is 11.3 Å². The fourth-order valence-corrected chi connectivity index (χ4v) is 3.96. The number of carbonyl (C=O) groups is 1. The highest BCUT2D eigenvalue weighted by atomic mass is 32.1. The van der Waals surface area contributed by atoms with Gasteiger partial charge < -0.3 is 9.88 Å². The number of thiophene rings is 1. The van der Waals surface area contributed by atoms with Crippen LogP contribution in [0.2, 0.25) is 0 Å². The van der Waals surface area contributed by atoms with E-state index >= 15 is 0 Å². The summed E-state index contributed by atoms with van der Waals surface area (Å²) < 4.78 is 2.27. The lowest BCUT2D eigenvalue weighted by molar-refractivity contribution is 0.0783. The number of nitrogens with zero attached hydrogens (tertiary/aromatic N) is 5. The van der Waals surface area contributed by atoms with Gasteiger partial charge in [0, 0.05) is 19.8 Å². The second-order valence-electron chi connectivity index (χ2n) is 6.53. The first kappa shape index (κ1) is 17.3. The smallest absolute Gasteiger partial charge is 0.268 e. The molecule has 4 aromatic rings. The summed E-state index contributed by atoms with van der Waals surface area (Å²) in [6.07, 6.45) is 0. The number of nitrogens with one attached hydrogen (secondary N) is 1. The van der Waals surface area contributed by atoms with Crippen LogP contribution < -0.4 is 5.56 Å². The Balaban J connectivity index is 1.72. The molecule has 0 aromatic carbocycles. The molecule has 8 nitrogen and oxygen atoms in total. The minimum absolute atomic E-state index is 0.172. The van der Waals surface area contributed by atoms with Crippen LogP contribution in [0.25, 0.3) is 21.3 Å². The van der Waals surface area contributed by atoms with Crippen molar-refractivity contribution in [3.8, 4) is 0 Å². The minimum Gasteiger partial charge on any atom is -0.334 e. The minimum atomic E-state index is -0.184. The SMILES string of the molecule is Cc1cc(C(=O)N(C)Cc2nc3ccsc3c(=O)[nH]2)c2c(C)nn(C)c2n1. The maximum absolute atomic E-state index is 13.1. The Bertz CT molecular complexity index is 1250. The van der Waals surface area contributed by atoms with Gasteiger partial charge in [-0.05, 0) is 31.4 Å². The number of H-pyrrole nitrogens is 1. The highest BCUT2D eigenvalue weighted by Gasteiger charge is 2.21. The van der Waals surface area contributed by atoms with Crippen molar-refractivity contribution in [1.29, 1.82) is 0 Å². The highest BCUT2D eigenvalue weighted by molar-refractivity contribution is 7.17. The largest absolute Gasteiger partial charge is 0.334 e. The van der Waals surface area contributed by atoms with Crippen LogP contribution in [0.4, 0.5) is 0 Å². The summed E-state index contributed by atoms with van der Waals surface area (Å²) in [5.74, 6) is 0.279. The summed E-state index contributed by atoms with van der Waals surface area (Å²) in [6.45, 7) is 3.91. The fourth-order valence-electron chi connectivity index (χ4n) is 3.24. The Hall–Kier alpha value is -3.07. The molecule has 138 valence electrons. The molecule has 0 fully saturated rings. The van der Waals surface area contributed by atoms with Crippen LogP contribution >= 0.6 is 11.3 Å². The zero-order valence-electron chi connectivity index (χ0n) is 15.4. The second kappa shape index (κ2) is 6.27. The van der Waals surface area contributed by atoms with Crippen molar-refractivity contribution in [2.75, 3.05) is 7.05 Å². The summed E-state index contributed by atoms with van der Waals surface area (Å²) in [5, 5.41) is 6.95. The topological polar surface area (TPSA) is 96.8 Å². The Labute approximate surface area is 158 Å². The molecule has 9 heteroatoms. The van der Waals surface area contributed by atoms with E-state index in [4.69, 9.17) is 0 Å². The van der Waals surface area contributed by atoms with Crippen molar-refractivity contribution in [2.24, 2.45) is 7.05 Å². The molecule has 0 aliphatic heterocycles. The first-order valence-electron chi connectivity index (χ1n) is 8.38. The van der Waals surface area contributed by atoms with E-state index in [2.05, 4.69) is 20.1 Å². The number of amides is 1. The summed E-state index contributed by atoms with van der Waals surface area (Å²) in [7, 11) is 3.50. The van der Waals surface area contributed by atoms with Gasteiger partial charge in [-0.1, -0.05) is 0 Å². The monoisotopic (exact) mass is 382 g/mol. The summed E-state index contributed by atoms with van der Waals surface area (Å²) in [5.41, 5.74) is 3.18. The third kappa shape index (κ3) is 2.89. The number of carbonyl (C=O) groups excluding carboxylic acids is 1. The van der Waals surface area contributed by atoms with Gasteiger partial charge in [-0.25, -0.2) is 9.97 Å². The van der Waals surface area contributed by atoms with Crippen LogP contribution in [-0.4, -0.2) is 42.6 Å². The average molecular weight is 382 g/mol. The Kier molecular flexibility index (Phi) is 4.03. The second-order valence-corrected chi connectivity index (χ2v) is 7.44. The van der Waals surface area contributed by atoms with Crippen molar-refractivity contribution in [1.82, 2.24) is 29.6 Å².